The molecule has 0 saturated heterocycles. The van der Waals surface area contributed by atoms with E-state index < -0.39 is 5.91 Å². The fourth-order valence-electron chi connectivity index (χ4n) is 2.31. The number of carbonyl (C=O) groups excluding carboxylic acids is 2. The zero-order chi connectivity index (χ0) is 17.1. The first-order valence-corrected chi connectivity index (χ1v) is 8.04. The highest BCUT2D eigenvalue weighted by atomic mass is 32.1. The second-order valence-electron chi connectivity index (χ2n) is 5.05. The summed E-state index contributed by atoms with van der Waals surface area (Å²) in [6.07, 6.45) is 11.3. The first-order chi connectivity index (χ1) is 11.6. The van der Waals surface area contributed by atoms with E-state index in [4.69, 9.17) is 15.2 Å². The molecule has 0 aromatic carbocycles. The molecule has 2 N–H and O–H groups in total. The van der Waals surface area contributed by atoms with Crippen molar-refractivity contribution >= 4 is 23.2 Å². The molecular weight excluding hydrogens is 330 g/mol. The Morgan fingerprint density at radius 3 is 2.79 bits per heavy atom. The number of nitrogens with two attached hydrogens (primary N) is 1. The van der Waals surface area contributed by atoms with Gasteiger partial charge >= 0.3 is 0 Å². The van der Waals surface area contributed by atoms with Gasteiger partial charge in [0.05, 0.1) is 5.69 Å². The van der Waals surface area contributed by atoms with Gasteiger partial charge in [-0.2, -0.15) is 0 Å². The van der Waals surface area contributed by atoms with Gasteiger partial charge in [0, 0.05) is 5.70 Å². The van der Waals surface area contributed by atoms with E-state index in [1.165, 1.54) is 23.7 Å². The molecule has 24 heavy (non-hydrogen) atoms. The first-order valence-electron chi connectivity index (χ1n) is 7.22. The second kappa shape index (κ2) is 6.71. The molecule has 0 spiro atoms. The number of ether oxygens (including phenoxy) is 2. The lowest BCUT2D eigenvalue weighted by Crippen LogP contribution is -2.31. The summed E-state index contributed by atoms with van der Waals surface area (Å²) in [5, 5.41) is 0.100. The fourth-order valence-corrected chi connectivity index (χ4v) is 3.16. The molecule has 0 atom stereocenters. The van der Waals surface area contributed by atoms with Gasteiger partial charge in [-0.1, -0.05) is 12.2 Å². The predicted molar refractivity (Wildman–Crippen MR) is 87.4 cm³/mol. The first kappa shape index (κ1) is 16.0. The van der Waals surface area contributed by atoms with Gasteiger partial charge in [-0.25, -0.2) is 9.88 Å². The molecule has 124 valence electrons. The average Bonchev–Trinajstić information content (AvgIpc) is 2.99. The minimum Gasteiger partial charge on any atom is -0.464 e. The molecular formula is C16H15N3O4S. The number of thiazole rings is 1. The Hall–Kier alpha value is -2.87. The zero-order valence-corrected chi connectivity index (χ0v) is 13.7. The summed E-state index contributed by atoms with van der Waals surface area (Å²) in [5.74, 6) is -0.755. The molecule has 0 saturated carbocycles. The number of aromatic nitrogens is 1. The van der Waals surface area contributed by atoms with E-state index in [0.717, 1.165) is 23.5 Å². The van der Waals surface area contributed by atoms with Crippen molar-refractivity contribution in [3.05, 3.63) is 64.2 Å². The monoisotopic (exact) mass is 345 g/mol. The van der Waals surface area contributed by atoms with Crippen molar-refractivity contribution in [1.82, 2.24) is 9.88 Å². The molecule has 0 unspecified atom stereocenters. The molecule has 1 aromatic heterocycles. The van der Waals surface area contributed by atoms with Crippen LogP contribution in [0.4, 0.5) is 0 Å². The topological polar surface area (TPSA) is 94.8 Å². The van der Waals surface area contributed by atoms with E-state index in [2.05, 4.69) is 4.98 Å². The van der Waals surface area contributed by atoms with Crippen LogP contribution in [0.25, 0.3) is 0 Å². The molecule has 2 heterocycles. The van der Waals surface area contributed by atoms with E-state index in [9.17, 15) is 9.59 Å². The number of hydrogen-bond acceptors (Lipinski definition) is 6. The van der Waals surface area contributed by atoms with Gasteiger partial charge in [0.15, 0.2) is 11.3 Å². The van der Waals surface area contributed by atoms with Crippen molar-refractivity contribution in [2.24, 2.45) is 5.73 Å². The summed E-state index contributed by atoms with van der Waals surface area (Å²) in [5.41, 5.74) is 6.47. The van der Waals surface area contributed by atoms with Crippen LogP contribution < -0.4 is 5.73 Å². The van der Waals surface area contributed by atoms with E-state index in [0.29, 0.717) is 17.0 Å². The van der Waals surface area contributed by atoms with Crippen LogP contribution in [0.15, 0.2) is 48.6 Å². The lowest BCUT2D eigenvalue weighted by molar-refractivity contribution is 0.0737. The highest BCUT2D eigenvalue weighted by Crippen LogP contribution is 2.29. The van der Waals surface area contributed by atoms with Crippen molar-refractivity contribution in [1.29, 1.82) is 0 Å². The Kier molecular flexibility index (Phi) is 4.48. The van der Waals surface area contributed by atoms with Crippen molar-refractivity contribution in [3.8, 4) is 0 Å². The molecule has 7 nitrogen and oxygen atoms in total. The summed E-state index contributed by atoms with van der Waals surface area (Å²) in [6, 6.07) is 0. The van der Waals surface area contributed by atoms with Gasteiger partial charge in [-0.05, 0) is 25.8 Å². The normalized spacial score (nSPS) is 15.9. The molecule has 8 heteroatoms. The molecule has 1 aliphatic heterocycles. The number of hydrogen-bond donors (Lipinski definition) is 1. The van der Waals surface area contributed by atoms with Crippen LogP contribution in [0.3, 0.4) is 0 Å². The number of primary amides is 1. The molecule has 0 radical (unpaired) electrons. The summed E-state index contributed by atoms with van der Waals surface area (Å²) in [7, 11) is 0. The third-order valence-electron chi connectivity index (χ3n) is 3.40. The summed E-state index contributed by atoms with van der Waals surface area (Å²) < 4.78 is 10.5. The Morgan fingerprint density at radius 1 is 1.38 bits per heavy atom. The quantitative estimate of drug-likeness (QED) is 0.905. The van der Waals surface area contributed by atoms with Crippen LogP contribution in [0.1, 0.15) is 38.0 Å². The number of carbonyl (C=O) groups is 2. The maximum absolute atomic E-state index is 13.1. The highest BCUT2D eigenvalue weighted by molar-refractivity contribution is 7.15. The standard InChI is InChI=1S/C16H15N3O4S/c1-10-13(24-15(18-10)14(17)20)16(21)19(11-5-3-2-4-6-11)12-9-22-7-8-23-12/h2-3,5,7-9H,4,6H2,1H3,(H2,17,20). The van der Waals surface area contributed by atoms with E-state index in [1.54, 1.807) is 6.92 Å². The number of nitrogens with zero attached hydrogens (tertiary/aromatic N) is 2. The number of aryl methyl sites for hydroxylation is 1. The maximum atomic E-state index is 13.1. The van der Waals surface area contributed by atoms with Crippen LogP contribution in [0.2, 0.25) is 0 Å². The third kappa shape index (κ3) is 3.09. The number of rotatable bonds is 4. The summed E-state index contributed by atoms with van der Waals surface area (Å²) in [4.78, 5) is 30.2. The minimum atomic E-state index is -0.659. The fraction of sp³-hybridized carbons (Fsp3) is 0.188. The van der Waals surface area contributed by atoms with Gasteiger partial charge in [-0.3, -0.25) is 9.59 Å². The minimum absolute atomic E-state index is 0.100. The maximum Gasteiger partial charge on any atom is 0.277 e. The largest absolute Gasteiger partial charge is 0.464 e. The van der Waals surface area contributed by atoms with Crippen LogP contribution in [0, 0.1) is 6.92 Å². The molecule has 2 amide bonds. The lowest BCUT2D eigenvalue weighted by Gasteiger charge is -2.27. The predicted octanol–water partition coefficient (Wildman–Crippen LogP) is 2.54. The summed E-state index contributed by atoms with van der Waals surface area (Å²) >= 11 is 0.968. The van der Waals surface area contributed by atoms with E-state index in [-0.39, 0.29) is 16.8 Å². The van der Waals surface area contributed by atoms with E-state index >= 15 is 0 Å². The highest BCUT2D eigenvalue weighted by Gasteiger charge is 2.30. The SMILES string of the molecule is Cc1nc(C(N)=O)sc1C(=O)N(C1=CC=CCC1)C1=COC=CO1. The molecule has 1 aromatic rings. The summed E-state index contributed by atoms with van der Waals surface area (Å²) in [6.45, 7) is 1.66. The van der Waals surface area contributed by atoms with E-state index in [1.807, 2.05) is 18.2 Å². The number of amides is 2. The Labute approximate surface area is 142 Å². The van der Waals surface area contributed by atoms with Gasteiger partial charge in [0.1, 0.15) is 17.4 Å². The van der Waals surface area contributed by atoms with Crippen molar-refractivity contribution in [2.75, 3.05) is 0 Å². The Balaban J connectivity index is 2.00. The molecule has 3 rings (SSSR count). The van der Waals surface area contributed by atoms with Gasteiger partial charge in [-0.15, -0.1) is 11.3 Å². The van der Waals surface area contributed by atoms with Crippen molar-refractivity contribution in [2.45, 2.75) is 19.8 Å². The molecule has 0 fully saturated rings. The van der Waals surface area contributed by atoms with Crippen molar-refractivity contribution in [3.63, 3.8) is 0 Å². The number of allylic oxidation sites excluding steroid dienone is 4. The zero-order valence-electron chi connectivity index (χ0n) is 12.9. The molecule has 0 bridgehead atoms. The van der Waals surface area contributed by atoms with Crippen LogP contribution in [-0.2, 0) is 9.47 Å². The van der Waals surface area contributed by atoms with Gasteiger partial charge < -0.3 is 15.2 Å². The average molecular weight is 345 g/mol. The van der Waals surface area contributed by atoms with Gasteiger partial charge in [0.25, 0.3) is 11.8 Å². The van der Waals surface area contributed by atoms with Crippen LogP contribution in [-0.4, -0.2) is 21.7 Å². The second-order valence-corrected chi connectivity index (χ2v) is 6.04. The Morgan fingerprint density at radius 2 is 2.21 bits per heavy atom. The van der Waals surface area contributed by atoms with Gasteiger partial charge in [0.2, 0.25) is 5.88 Å². The lowest BCUT2D eigenvalue weighted by atomic mass is 10.1. The van der Waals surface area contributed by atoms with Crippen molar-refractivity contribution < 1.29 is 19.1 Å². The molecule has 2 aliphatic rings. The Bertz CT molecular complexity index is 804. The smallest absolute Gasteiger partial charge is 0.277 e. The molecule has 1 aliphatic carbocycles. The van der Waals surface area contributed by atoms with Crippen LogP contribution >= 0.6 is 11.3 Å². The van der Waals surface area contributed by atoms with Crippen LogP contribution in [0.5, 0.6) is 0 Å². The third-order valence-corrected chi connectivity index (χ3v) is 4.56.